The van der Waals surface area contributed by atoms with Crippen molar-refractivity contribution in [2.45, 2.75) is 57.7 Å². The number of hydrogen-bond acceptors (Lipinski definition) is 3. The van der Waals surface area contributed by atoms with E-state index in [2.05, 4.69) is 29.0 Å². The largest absolute Gasteiger partial charge is 0.324 e. The van der Waals surface area contributed by atoms with Crippen LogP contribution in [0.15, 0.2) is 0 Å². The van der Waals surface area contributed by atoms with Gasteiger partial charge in [0.1, 0.15) is 0 Å². The van der Waals surface area contributed by atoms with Crippen LogP contribution in [-0.2, 0) is 4.79 Å². The summed E-state index contributed by atoms with van der Waals surface area (Å²) in [5.41, 5.74) is -0.156. The molecule has 0 aromatic carbocycles. The highest BCUT2D eigenvalue weighted by molar-refractivity contribution is 5.91. The third-order valence-electron chi connectivity index (χ3n) is 4.92. The topological polar surface area (TPSA) is 35.6 Å². The Morgan fingerprint density at radius 1 is 1.21 bits per heavy atom. The molecule has 1 spiro atoms. The SMILES string of the molecule is CC(C)C1NC2(CC2)C(=O)N1CCN1CCCCC1. The van der Waals surface area contributed by atoms with E-state index in [1.165, 1.54) is 32.4 Å². The maximum atomic E-state index is 12.5. The van der Waals surface area contributed by atoms with Crippen LogP contribution in [0.3, 0.4) is 0 Å². The van der Waals surface area contributed by atoms with Gasteiger partial charge in [0.15, 0.2) is 0 Å². The van der Waals surface area contributed by atoms with Crippen molar-refractivity contribution in [1.82, 2.24) is 15.1 Å². The number of carbonyl (C=O) groups is 1. The lowest BCUT2D eigenvalue weighted by atomic mass is 10.1. The molecule has 2 aliphatic heterocycles. The number of rotatable bonds is 4. The Hall–Kier alpha value is -0.610. The average molecular weight is 265 g/mol. The number of carbonyl (C=O) groups excluding carboxylic acids is 1. The van der Waals surface area contributed by atoms with Gasteiger partial charge in [0, 0.05) is 13.1 Å². The highest BCUT2D eigenvalue weighted by Gasteiger charge is 2.59. The molecular weight excluding hydrogens is 238 g/mol. The summed E-state index contributed by atoms with van der Waals surface area (Å²) in [6.45, 7) is 8.80. The number of piperidine rings is 1. The van der Waals surface area contributed by atoms with E-state index in [1.54, 1.807) is 0 Å². The van der Waals surface area contributed by atoms with E-state index in [0.29, 0.717) is 11.8 Å². The van der Waals surface area contributed by atoms with Gasteiger partial charge in [-0.1, -0.05) is 20.3 Å². The molecule has 4 nitrogen and oxygen atoms in total. The van der Waals surface area contributed by atoms with Crippen LogP contribution in [0.25, 0.3) is 0 Å². The maximum absolute atomic E-state index is 12.5. The predicted molar refractivity (Wildman–Crippen MR) is 75.7 cm³/mol. The van der Waals surface area contributed by atoms with Crippen molar-refractivity contribution >= 4 is 5.91 Å². The van der Waals surface area contributed by atoms with E-state index in [1.807, 2.05) is 0 Å². The zero-order valence-electron chi connectivity index (χ0n) is 12.3. The van der Waals surface area contributed by atoms with E-state index < -0.39 is 0 Å². The van der Waals surface area contributed by atoms with Crippen LogP contribution in [0, 0.1) is 5.92 Å². The Morgan fingerprint density at radius 2 is 1.89 bits per heavy atom. The molecule has 1 unspecified atom stereocenters. The summed E-state index contributed by atoms with van der Waals surface area (Å²) >= 11 is 0. The predicted octanol–water partition coefficient (Wildman–Crippen LogP) is 1.42. The highest BCUT2D eigenvalue weighted by Crippen LogP contribution is 2.43. The molecule has 2 heterocycles. The molecule has 0 bridgehead atoms. The van der Waals surface area contributed by atoms with Gasteiger partial charge in [-0.3, -0.25) is 10.1 Å². The molecule has 1 N–H and O–H groups in total. The van der Waals surface area contributed by atoms with Crippen LogP contribution in [0.1, 0.15) is 46.0 Å². The van der Waals surface area contributed by atoms with Crippen molar-refractivity contribution in [1.29, 1.82) is 0 Å². The summed E-state index contributed by atoms with van der Waals surface area (Å²) in [5.74, 6) is 0.855. The van der Waals surface area contributed by atoms with Gasteiger partial charge >= 0.3 is 0 Å². The highest BCUT2D eigenvalue weighted by atomic mass is 16.2. The fraction of sp³-hybridized carbons (Fsp3) is 0.933. The minimum atomic E-state index is -0.156. The van der Waals surface area contributed by atoms with Crippen molar-refractivity contribution in [3.8, 4) is 0 Å². The van der Waals surface area contributed by atoms with Gasteiger partial charge in [0.25, 0.3) is 0 Å². The maximum Gasteiger partial charge on any atom is 0.244 e. The van der Waals surface area contributed by atoms with Gasteiger partial charge in [-0.2, -0.15) is 0 Å². The number of nitrogens with one attached hydrogen (secondary N) is 1. The fourth-order valence-corrected chi connectivity index (χ4v) is 3.51. The fourth-order valence-electron chi connectivity index (χ4n) is 3.51. The molecule has 0 radical (unpaired) electrons. The lowest BCUT2D eigenvalue weighted by molar-refractivity contribution is -0.131. The van der Waals surface area contributed by atoms with Crippen LogP contribution in [0.4, 0.5) is 0 Å². The molecule has 1 atom stereocenters. The molecule has 3 fully saturated rings. The molecule has 1 amide bonds. The summed E-state index contributed by atoms with van der Waals surface area (Å²) < 4.78 is 0. The monoisotopic (exact) mass is 265 g/mol. The molecule has 0 aromatic rings. The van der Waals surface area contributed by atoms with Crippen LogP contribution in [-0.4, -0.2) is 53.6 Å². The molecule has 108 valence electrons. The Balaban J connectivity index is 1.59. The van der Waals surface area contributed by atoms with Crippen LogP contribution in [0.2, 0.25) is 0 Å². The Bertz CT molecular complexity index is 345. The molecule has 3 aliphatic rings. The number of hydrogen-bond donors (Lipinski definition) is 1. The van der Waals surface area contributed by atoms with Crippen molar-refractivity contribution in [2.75, 3.05) is 26.2 Å². The van der Waals surface area contributed by atoms with Crippen molar-refractivity contribution in [2.24, 2.45) is 5.92 Å². The first-order valence-corrected chi connectivity index (χ1v) is 7.93. The Kier molecular flexibility index (Phi) is 3.56. The average Bonchev–Trinajstić information content (AvgIpc) is 3.13. The molecule has 4 heteroatoms. The molecule has 1 aliphatic carbocycles. The first kappa shape index (κ1) is 13.4. The Morgan fingerprint density at radius 3 is 2.47 bits per heavy atom. The second-order valence-corrected chi connectivity index (χ2v) is 6.82. The quantitative estimate of drug-likeness (QED) is 0.835. The van der Waals surface area contributed by atoms with Crippen molar-refractivity contribution < 1.29 is 4.79 Å². The number of likely N-dealkylation sites (tertiary alicyclic amines) is 1. The lowest BCUT2D eigenvalue weighted by Gasteiger charge is -2.32. The van der Waals surface area contributed by atoms with Gasteiger partial charge in [-0.05, 0) is 44.7 Å². The molecule has 19 heavy (non-hydrogen) atoms. The normalized spacial score (nSPS) is 30.6. The summed E-state index contributed by atoms with van der Waals surface area (Å²) in [6, 6.07) is 0. The second kappa shape index (κ2) is 5.06. The van der Waals surface area contributed by atoms with Gasteiger partial charge in [0.05, 0.1) is 11.7 Å². The van der Waals surface area contributed by atoms with Crippen LogP contribution < -0.4 is 5.32 Å². The standard InChI is InChI=1S/C15H27N3O/c1-12(2)13-16-15(6-7-15)14(19)18(13)11-10-17-8-4-3-5-9-17/h12-13,16H,3-11H2,1-2H3. The van der Waals surface area contributed by atoms with Gasteiger partial charge in [-0.15, -0.1) is 0 Å². The third-order valence-corrected chi connectivity index (χ3v) is 4.92. The van der Waals surface area contributed by atoms with E-state index in [0.717, 1.165) is 25.9 Å². The summed E-state index contributed by atoms with van der Waals surface area (Å²) in [4.78, 5) is 17.2. The van der Waals surface area contributed by atoms with Crippen LogP contribution in [0.5, 0.6) is 0 Å². The van der Waals surface area contributed by atoms with Crippen LogP contribution >= 0.6 is 0 Å². The van der Waals surface area contributed by atoms with E-state index in [-0.39, 0.29) is 11.7 Å². The van der Waals surface area contributed by atoms with Gasteiger partial charge in [-0.25, -0.2) is 0 Å². The smallest absolute Gasteiger partial charge is 0.244 e. The Labute approximate surface area is 116 Å². The third kappa shape index (κ3) is 2.52. The first-order valence-electron chi connectivity index (χ1n) is 7.93. The van der Waals surface area contributed by atoms with Gasteiger partial charge < -0.3 is 9.80 Å². The molecule has 0 aromatic heterocycles. The molecule has 1 saturated carbocycles. The molecular formula is C15H27N3O. The number of nitrogens with zero attached hydrogens (tertiary/aromatic N) is 2. The summed E-state index contributed by atoms with van der Waals surface area (Å²) in [7, 11) is 0. The summed E-state index contributed by atoms with van der Waals surface area (Å²) in [6.07, 6.45) is 6.34. The van der Waals surface area contributed by atoms with Crippen molar-refractivity contribution in [3.63, 3.8) is 0 Å². The molecule has 2 saturated heterocycles. The zero-order chi connectivity index (χ0) is 13.5. The van der Waals surface area contributed by atoms with E-state index in [9.17, 15) is 4.79 Å². The second-order valence-electron chi connectivity index (χ2n) is 6.82. The first-order chi connectivity index (χ1) is 9.12. The zero-order valence-corrected chi connectivity index (χ0v) is 12.3. The van der Waals surface area contributed by atoms with E-state index >= 15 is 0 Å². The van der Waals surface area contributed by atoms with Gasteiger partial charge in [0.2, 0.25) is 5.91 Å². The lowest BCUT2D eigenvalue weighted by Crippen LogP contribution is -2.45. The van der Waals surface area contributed by atoms with E-state index in [4.69, 9.17) is 0 Å². The number of amides is 1. The van der Waals surface area contributed by atoms with Crippen molar-refractivity contribution in [3.05, 3.63) is 0 Å². The molecule has 3 rings (SSSR count). The summed E-state index contributed by atoms with van der Waals surface area (Å²) in [5, 5.41) is 3.59. The minimum absolute atomic E-state index is 0.156. The minimum Gasteiger partial charge on any atom is -0.324 e.